The van der Waals surface area contributed by atoms with E-state index in [0.717, 1.165) is 15.2 Å². The number of amides is 1. The average Bonchev–Trinajstić information content (AvgIpc) is 2.82. The lowest BCUT2D eigenvalue weighted by atomic mass is 10.3. The van der Waals surface area contributed by atoms with E-state index >= 15 is 0 Å². The molecule has 0 N–H and O–H groups in total. The first-order valence-electron chi connectivity index (χ1n) is 5.36. The fourth-order valence-electron chi connectivity index (χ4n) is 1.93. The van der Waals surface area contributed by atoms with E-state index in [4.69, 9.17) is 0 Å². The zero-order valence-corrected chi connectivity index (χ0v) is 9.87. The topological polar surface area (TPSA) is 50.3 Å². The number of carbonyl (C=O) groups is 2. The van der Waals surface area contributed by atoms with Crippen LogP contribution in [0.2, 0.25) is 0 Å². The molecule has 3 rings (SSSR count). The summed E-state index contributed by atoms with van der Waals surface area (Å²) in [6, 6.07) is 7.87. The zero-order valence-electron chi connectivity index (χ0n) is 9.05. The van der Waals surface area contributed by atoms with Gasteiger partial charge in [-0.3, -0.25) is 9.59 Å². The Balaban J connectivity index is 1.85. The van der Waals surface area contributed by atoms with E-state index in [1.165, 1.54) is 0 Å². The van der Waals surface area contributed by atoms with Crippen molar-refractivity contribution in [1.29, 1.82) is 0 Å². The summed E-state index contributed by atoms with van der Waals surface area (Å²) in [6.07, 6.45) is 0.0465. The first-order chi connectivity index (χ1) is 8.22. The quantitative estimate of drug-likeness (QED) is 0.756. The van der Waals surface area contributed by atoms with Crippen molar-refractivity contribution in [3.05, 3.63) is 29.3 Å². The molecule has 4 nitrogen and oxygen atoms in total. The number of rotatable bonds is 2. The number of hydrogen-bond acceptors (Lipinski definition) is 4. The molecule has 1 aliphatic rings. The van der Waals surface area contributed by atoms with Crippen molar-refractivity contribution in [1.82, 2.24) is 9.88 Å². The highest BCUT2D eigenvalue weighted by Crippen LogP contribution is 2.23. The molecule has 86 valence electrons. The van der Waals surface area contributed by atoms with E-state index in [1.807, 2.05) is 24.3 Å². The summed E-state index contributed by atoms with van der Waals surface area (Å²) in [5, 5.41) is 0.884. The lowest BCUT2D eigenvalue weighted by molar-refractivity contribution is -0.128. The Morgan fingerprint density at radius 3 is 2.82 bits per heavy atom. The second-order valence-electron chi connectivity index (χ2n) is 4.04. The van der Waals surface area contributed by atoms with Crippen molar-refractivity contribution < 1.29 is 9.59 Å². The highest BCUT2D eigenvalue weighted by molar-refractivity contribution is 7.18. The minimum absolute atomic E-state index is 0.00360. The van der Waals surface area contributed by atoms with Crippen molar-refractivity contribution in [3.8, 4) is 0 Å². The van der Waals surface area contributed by atoms with Crippen LogP contribution in [-0.4, -0.2) is 28.1 Å². The number of para-hydroxylation sites is 1. The van der Waals surface area contributed by atoms with E-state index < -0.39 is 0 Å². The first kappa shape index (κ1) is 10.4. The van der Waals surface area contributed by atoms with Crippen LogP contribution in [0.15, 0.2) is 24.3 Å². The smallest absolute Gasteiger partial charge is 0.230 e. The monoisotopic (exact) mass is 246 g/mol. The van der Waals surface area contributed by atoms with Gasteiger partial charge in [0.15, 0.2) is 5.78 Å². The first-order valence-corrected chi connectivity index (χ1v) is 6.18. The molecule has 2 aromatic rings. The number of likely N-dealkylation sites (tertiary alicyclic amines) is 1. The van der Waals surface area contributed by atoms with Crippen molar-refractivity contribution in [3.63, 3.8) is 0 Å². The van der Waals surface area contributed by atoms with Crippen molar-refractivity contribution in [2.45, 2.75) is 13.0 Å². The maximum Gasteiger partial charge on any atom is 0.230 e. The van der Waals surface area contributed by atoms with E-state index in [0.29, 0.717) is 6.54 Å². The van der Waals surface area contributed by atoms with E-state index in [9.17, 15) is 9.59 Å². The van der Waals surface area contributed by atoms with Gasteiger partial charge in [-0.05, 0) is 12.1 Å². The molecule has 5 heteroatoms. The van der Waals surface area contributed by atoms with Crippen LogP contribution >= 0.6 is 11.3 Å². The second-order valence-corrected chi connectivity index (χ2v) is 5.16. The summed E-state index contributed by atoms with van der Waals surface area (Å²) in [7, 11) is 0. The summed E-state index contributed by atoms with van der Waals surface area (Å²) < 4.78 is 1.11. The van der Waals surface area contributed by atoms with Crippen LogP contribution in [0.25, 0.3) is 10.2 Å². The van der Waals surface area contributed by atoms with Crippen LogP contribution < -0.4 is 0 Å². The van der Waals surface area contributed by atoms with Crippen molar-refractivity contribution in [2.75, 3.05) is 6.54 Å². The van der Waals surface area contributed by atoms with Crippen molar-refractivity contribution in [2.24, 2.45) is 0 Å². The Morgan fingerprint density at radius 2 is 2.12 bits per heavy atom. The molecule has 0 unspecified atom stereocenters. The number of thiazole rings is 1. The van der Waals surface area contributed by atoms with Gasteiger partial charge in [-0.1, -0.05) is 12.1 Å². The van der Waals surface area contributed by atoms with Crippen LogP contribution in [0, 0.1) is 0 Å². The SMILES string of the molecule is O=C1CC(=O)N(Cc2nc3ccccc3s2)C1. The zero-order chi connectivity index (χ0) is 11.8. The summed E-state index contributed by atoms with van der Waals surface area (Å²) in [4.78, 5) is 28.7. The van der Waals surface area contributed by atoms with Gasteiger partial charge >= 0.3 is 0 Å². The van der Waals surface area contributed by atoms with Crippen LogP contribution in [-0.2, 0) is 16.1 Å². The largest absolute Gasteiger partial charge is 0.328 e. The Morgan fingerprint density at radius 1 is 1.29 bits per heavy atom. The van der Waals surface area contributed by atoms with Crippen molar-refractivity contribution >= 4 is 33.2 Å². The molecule has 1 amide bonds. The lowest BCUT2D eigenvalue weighted by Crippen LogP contribution is -2.24. The molecular weight excluding hydrogens is 236 g/mol. The summed E-state index contributed by atoms with van der Waals surface area (Å²) in [6.45, 7) is 0.679. The number of Topliss-reactive ketones (excluding diaryl/α,β-unsaturated/α-hetero) is 1. The maximum atomic E-state index is 11.5. The Hall–Kier alpha value is -1.75. The predicted octanol–water partition coefficient (Wildman–Crippen LogP) is 1.60. The molecule has 1 aliphatic heterocycles. The molecule has 1 aromatic heterocycles. The fraction of sp³-hybridized carbons (Fsp3) is 0.250. The number of benzene rings is 1. The third-order valence-electron chi connectivity index (χ3n) is 2.73. The molecule has 0 spiro atoms. The predicted molar refractivity (Wildman–Crippen MR) is 64.7 cm³/mol. The second kappa shape index (κ2) is 3.92. The minimum atomic E-state index is -0.0887. The number of nitrogens with zero attached hydrogens (tertiary/aromatic N) is 2. The van der Waals surface area contributed by atoms with Gasteiger partial charge in [0, 0.05) is 0 Å². The van der Waals surface area contributed by atoms with Gasteiger partial charge in [0.25, 0.3) is 0 Å². The third kappa shape index (κ3) is 1.93. The summed E-state index contributed by atoms with van der Waals surface area (Å²) in [5.74, 6) is -0.0923. The van der Waals surface area contributed by atoms with Gasteiger partial charge in [-0.15, -0.1) is 11.3 Å². The average molecular weight is 246 g/mol. The Bertz CT molecular complexity index is 572. The number of aromatic nitrogens is 1. The van der Waals surface area contributed by atoms with Gasteiger partial charge in [0.2, 0.25) is 5.91 Å². The van der Waals surface area contributed by atoms with Crippen LogP contribution in [0.1, 0.15) is 11.4 Å². The van der Waals surface area contributed by atoms with Gasteiger partial charge < -0.3 is 4.90 Å². The van der Waals surface area contributed by atoms with Gasteiger partial charge in [-0.2, -0.15) is 0 Å². The molecule has 0 radical (unpaired) electrons. The number of fused-ring (bicyclic) bond motifs is 1. The number of hydrogen-bond donors (Lipinski definition) is 0. The number of ketones is 1. The molecule has 1 aromatic carbocycles. The Kier molecular flexibility index (Phi) is 2.40. The molecule has 17 heavy (non-hydrogen) atoms. The van der Waals surface area contributed by atoms with Crippen LogP contribution in [0.3, 0.4) is 0 Å². The normalized spacial score (nSPS) is 16.1. The lowest BCUT2D eigenvalue weighted by Gasteiger charge is -2.11. The standard InChI is InChI=1S/C12H10N2O2S/c15-8-5-12(16)14(6-8)7-11-13-9-3-1-2-4-10(9)17-11/h1-4H,5-7H2. The maximum absolute atomic E-state index is 11.5. The third-order valence-corrected chi connectivity index (χ3v) is 3.75. The molecule has 0 aliphatic carbocycles. The van der Waals surface area contributed by atoms with E-state index in [1.54, 1.807) is 16.2 Å². The molecule has 0 saturated carbocycles. The highest BCUT2D eigenvalue weighted by atomic mass is 32.1. The fourth-order valence-corrected chi connectivity index (χ4v) is 2.92. The number of carbonyl (C=O) groups excluding carboxylic acids is 2. The summed E-state index contributed by atoms with van der Waals surface area (Å²) >= 11 is 1.57. The molecule has 1 saturated heterocycles. The van der Waals surface area contributed by atoms with Crippen LogP contribution in [0.4, 0.5) is 0 Å². The van der Waals surface area contributed by atoms with Gasteiger partial charge in [-0.25, -0.2) is 4.98 Å². The minimum Gasteiger partial charge on any atom is -0.328 e. The molecular formula is C12H10N2O2S. The van der Waals surface area contributed by atoms with Gasteiger partial charge in [0.05, 0.1) is 29.7 Å². The molecule has 0 atom stereocenters. The molecule has 0 bridgehead atoms. The van der Waals surface area contributed by atoms with Crippen LogP contribution in [0.5, 0.6) is 0 Å². The van der Waals surface area contributed by atoms with Gasteiger partial charge in [0.1, 0.15) is 5.01 Å². The Labute approximate surface area is 102 Å². The van der Waals surface area contributed by atoms with E-state index in [-0.39, 0.29) is 24.7 Å². The van der Waals surface area contributed by atoms with E-state index in [2.05, 4.69) is 4.98 Å². The highest BCUT2D eigenvalue weighted by Gasteiger charge is 2.27. The summed E-state index contributed by atoms with van der Waals surface area (Å²) in [5.41, 5.74) is 0.950. The molecule has 1 fully saturated rings. The molecule has 2 heterocycles.